The number of rotatable bonds is 8. The Balaban J connectivity index is 1.79. The summed E-state index contributed by atoms with van der Waals surface area (Å²) in [5.74, 6) is 0. The van der Waals surface area contributed by atoms with E-state index in [9.17, 15) is 5.11 Å². The number of nitrogens with one attached hydrogen (secondary N) is 1. The predicted octanol–water partition coefficient (Wildman–Crippen LogP) is 2.10. The van der Waals surface area contributed by atoms with Crippen molar-refractivity contribution in [1.82, 2.24) is 5.32 Å². The maximum Gasteiger partial charge on any atom is 0.0785 e. The van der Waals surface area contributed by atoms with Crippen LogP contribution in [-0.2, 0) is 9.47 Å². The van der Waals surface area contributed by atoms with Crippen molar-refractivity contribution in [2.24, 2.45) is 5.41 Å². The maximum atomic E-state index is 9.70. The van der Waals surface area contributed by atoms with Gasteiger partial charge in [0, 0.05) is 25.2 Å². The fourth-order valence-electron chi connectivity index (χ4n) is 4.05. The van der Waals surface area contributed by atoms with Crippen molar-refractivity contribution in [2.45, 2.75) is 70.1 Å². The second-order valence-electron chi connectivity index (χ2n) is 6.38. The van der Waals surface area contributed by atoms with Gasteiger partial charge in [-0.05, 0) is 39.2 Å². The van der Waals surface area contributed by atoms with Crippen LogP contribution < -0.4 is 5.32 Å². The van der Waals surface area contributed by atoms with E-state index in [4.69, 9.17) is 9.47 Å². The highest BCUT2D eigenvalue weighted by Gasteiger charge is 2.55. The van der Waals surface area contributed by atoms with E-state index in [1.54, 1.807) is 7.11 Å². The summed E-state index contributed by atoms with van der Waals surface area (Å²) in [6.07, 6.45) is 8.66. The molecule has 2 aliphatic carbocycles. The van der Waals surface area contributed by atoms with Crippen molar-refractivity contribution in [3.05, 3.63) is 0 Å². The van der Waals surface area contributed by atoms with Crippen LogP contribution in [0.2, 0.25) is 0 Å². The molecule has 3 unspecified atom stereocenters. The molecule has 0 heterocycles. The summed E-state index contributed by atoms with van der Waals surface area (Å²) >= 11 is 0. The van der Waals surface area contributed by atoms with Gasteiger partial charge in [0.05, 0.1) is 18.8 Å². The first kappa shape index (κ1) is 16.2. The quantitative estimate of drug-likeness (QED) is 0.717. The van der Waals surface area contributed by atoms with Crippen LogP contribution in [-0.4, -0.2) is 50.2 Å². The molecular weight excluding hydrogens is 254 g/mol. The molecule has 2 aliphatic rings. The van der Waals surface area contributed by atoms with Gasteiger partial charge >= 0.3 is 0 Å². The average molecular weight is 285 g/mol. The summed E-state index contributed by atoms with van der Waals surface area (Å²) in [5, 5.41) is 13.4. The minimum absolute atomic E-state index is 0.349. The van der Waals surface area contributed by atoms with Crippen LogP contribution in [0.4, 0.5) is 0 Å². The van der Waals surface area contributed by atoms with Gasteiger partial charge in [0.15, 0.2) is 0 Å². The first-order valence-corrected chi connectivity index (χ1v) is 8.25. The molecule has 4 nitrogen and oxygen atoms in total. The lowest BCUT2D eigenvalue weighted by molar-refractivity contribution is -0.150. The number of hydrogen-bond acceptors (Lipinski definition) is 4. The van der Waals surface area contributed by atoms with Gasteiger partial charge < -0.3 is 19.9 Å². The molecule has 0 aromatic rings. The molecule has 118 valence electrons. The third-order valence-electron chi connectivity index (χ3n) is 5.16. The van der Waals surface area contributed by atoms with Crippen LogP contribution in [0, 0.1) is 5.41 Å². The normalized spacial score (nSPS) is 30.1. The number of methoxy groups -OCH3 is 1. The van der Waals surface area contributed by atoms with Crippen molar-refractivity contribution >= 4 is 0 Å². The van der Waals surface area contributed by atoms with Crippen LogP contribution in [0.25, 0.3) is 0 Å². The minimum Gasteiger partial charge on any atom is -0.391 e. The third-order valence-corrected chi connectivity index (χ3v) is 5.16. The van der Waals surface area contributed by atoms with Gasteiger partial charge in [0.2, 0.25) is 0 Å². The number of ether oxygens (including phenoxy) is 2. The molecule has 0 amide bonds. The van der Waals surface area contributed by atoms with Crippen LogP contribution in [0.5, 0.6) is 0 Å². The second-order valence-corrected chi connectivity index (χ2v) is 6.38. The Bertz CT molecular complexity index is 279. The van der Waals surface area contributed by atoms with Gasteiger partial charge in [-0.15, -0.1) is 0 Å². The third kappa shape index (κ3) is 3.53. The summed E-state index contributed by atoms with van der Waals surface area (Å²) in [6.45, 7) is 4.22. The molecule has 0 aromatic heterocycles. The van der Waals surface area contributed by atoms with Crippen molar-refractivity contribution < 1.29 is 14.6 Å². The lowest BCUT2D eigenvalue weighted by Gasteiger charge is -2.58. The fraction of sp³-hybridized carbons (Fsp3) is 1.00. The summed E-state index contributed by atoms with van der Waals surface area (Å²) in [5.41, 5.74) is 0.375. The summed E-state index contributed by atoms with van der Waals surface area (Å²) in [7, 11) is 1.63. The number of hydrogen-bond donors (Lipinski definition) is 2. The highest BCUT2D eigenvalue weighted by Crippen LogP contribution is 2.53. The molecule has 0 saturated heterocycles. The highest BCUT2D eigenvalue weighted by atomic mass is 16.5. The minimum atomic E-state index is -0.349. The van der Waals surface area contributed by atoms with Crippen molar-refractivity contribution in [1.29, 1.82) is 0 Å². The lowest BCUT2D eigenvalue weighted by Crippen LogP contribution is -2.64. The van der Waals surface area contributed by atoms with E-state index in [2.05, 4.69) is 12.2 Å². The van der Waals surface area contributed by atoms with Crippen LogP contribution >= 0.6 is 0 Å². The Hall–Kier alpha value is -0.160. The standard InChI is InChI=1S/C16H31NO3/c1-3-20-15-11-14(16(15)8-5-4-6-9-16)17-10-7-13(18)12-19-2/h13-15,17-18H,3-12H2,1-2H3. The first-order valence-electron chi connectivity index (χ1n) is 8.25. The highest BCUT2D eigenvalue weighted by molar-refractivity contribution is 5.08. The topological polar surface area (TPSA) is 50.7 Å². The fourth-order valence-corrected chi connectivity index (χ4v) is 4.05. The van der Waals surface area contributed by atoms with Gasteiger partial charge in [-0.25, -0.2) is 0 Å². The van der Waals surface area contributed by atoms with E-state index in [0.29, 0.717) is 24.2 Å². The molecular formula is C16H31NO3. The molecule has 0 aromatic carbocycles. The summed E-state index contributed by atoms with van der Waals surface area (Å²) in [6, 6.07) is 0.578. The molecule has 0 radical (unpaired) electrons. The average Bonchev–Trinajstić information content (AvgIpc) is 2.46. The Morgan fingerprint density at radius 2 is 2.05 bits per heavy atom. The Morgan fingerprint density at radius 3 is 2.70 bits per heavy atom. The lowest BCUT2D eigenvalue weighted by atomic mass is 9.55. The number of aliphatic hydroxyl groups excluding tert-OH is 1. The van der Waals surface area contributed by atoms with Crippen LogP contribution in [0.3, 0.4) is 0 Å². The second kappa shape index (κ2) is 7.74. The van der Waals surface area contributed by atoms with Crippen LogP contribution in [0.1, 0.15) is 51.9 Å². The molecule has 20 heavy (non-hydrogen) atoms. The van der Waals surface area contributed by atoms with Gasteiger partial charge in [-0.1, -0.05) is 19.3 Å². The molecule has 0 bridgehead atoms. The maximum absolute atomic E-state index is 9.70. The van der Waals surface area contributed by atoms with Crippen LogP contribution in [0.15, 0.2) is 0 Å². The van der Waals surface area contributed by atoms with E-state index < -0.39 is 0 Å². The zero-order valence-corrected chi connectivity index (χ0v) is 13.1. The molecule has 1 spiro atoms. The monoisotopic (exact) mass is 285 g/mol. The van der Waals surface area contributed by atoms with Gasteiger partial charge in [0.1, 0.15) is 0 Å². The van der Waals surface area contributed by atoms with E-state index >= 15 is 0 Å². The van der Waals surface area contributed by atoms with E-state index in [1.807, 2.05) is 0 Å². The van der Waals surface area contributed by atoms with Gasteiger partial charge in [0.25, 0.3) is 0 Å². The zero-order valence-electron chi connectivity index (χ0n) is 13.1. The van der Waals surface area contributed by atoms with E-state index in [1.165, 1.54) is 32.1 Å². The number of aliphatic hydroxyl groups is 1. The molecule has 0 aliphatic heterocycles. The predicted molar refractivity (Wildman–Crippen MR) is 79.8 cm³/mol. The van der Waals surface area contributed by atoms with Crippen molar-refractivity contribution in [3.8, 4) is 0 Å². The van der Waals surface area contributed by atoms with E-state index in [0.717, 1.165) is 26.0 Å². The van der Waals surface area contributed by atoms with Crippen molar-refractivity contribution in [3.63, 3.8) is 0 Å². The molecule has 4 heteroatoms. The smallest absolute Gasteiger partial charge is 0.0785 e. The largest absolute Gasteiger partial charge is 0.391 e. The molecule has 2 saturated carbocycles. The van der Waals surface area contributed by atoms with E-state index in [-0.39, 0.29) is 6.10 Å². The molecule has 3 atom stereocenters. The van der Waals surface area contributed by atoms with Crippen molar-refractivity contribution in [2.75, 3.05) is 26.9 Å². The Kier molecular flexibility index (Phi) is 6.27. The first-order chi connectivity index (χ1) is 9.73. The Labute approximate surface area is 123 Å². The van der Waals surface area contributed by atoms with Gasteiger partial charge in [-0.2, -0.15) is 0 Å². The molecule has 2 rings (SSSR count). The SMILES string of the molecule is CCOC1CC(NCCC(O)COC)C12CCCCC2. The summed E-state index contributed by atoms with van der Waals surface area (Å²) < 4.78 is 10.9. The van der Waals surface area contributed by atoms with Gasteiger partial charge in [-0.3, -0.25) is 0 Å². The Morgan fingerprint density at radius 1 is 1.30 bits per heavy atom. The molecule has 2 fully saturated rings. The molecule has 2 N–H and O–H groups in total. The zero-order chi connectivity index (χ0) is 14.4. The summed E-state index contributed by atoms with van der Waals surface area (Å²) in [4.78, 5) is 0.